The Balaban J connectivity index is 0.000000139. The number of alkyl halides is 1. The number of hydrogen-bond donors (Lipinski definition) is 2. The van der Waals surface area contributed by atoms with E-state index in [1.54, 1.807) is 140 Å². The van der Waals surface area contributed by atoms with Crippen molar-refractivity contribution in [3.05, 3.63) is 287 Å². The Morgan fingerprint density at radius 1 is 0.456 bits per heavy atom. The van der Waals surface area contributed by atoms with E-state index < -0.39 is 16.7 Å². The summed E-state index contributed by atoms with van der Waals surface area (Å²) in [7, 11) is 0. The highest BCUT2D eigenvalue weighted by Crippen LogP contribution is 2.37. The number of ether oxygens (including phenoxy) is 2. The van der Waals surface area contributed by atoms with E-state index in [0.29, 0.717) is 86.0 Å². The number of anilines is 1. The molecule has 103 heavy (non-hydrogen) atoms. The fraction of sp³-hybridized carbons (Fsp3) is 0.221. The van der Waals surface area contributed by atoms with Crippen LogP contribution in [0, 0.1) is 38.0 Å². The summed E-state index contributed by atoms with van der Waals surface area (Å²) in [4.78, 5) is 166. The van der Waals surface area contributed by atoms with Gasteiger partial charge in [-0.15, -0.1) is 0 Å². The zero-order chi connectivity index (χ0) is 73.4. The lowest BCUT2D eigenvalue weighted by atomic mass is 9.81. The molecule has 4 atom stereocenters. The number of halogens is 1. The van der Waals surface area contributed by atoms with Gasteiger partial charge in [0.15, 0.2) is 0 Å². The molecule has 5 heterocycles. The fourth-order valence-corrected chi connectivity index (χ4v) is 13.4. The maximum absolute atomic E-state index is 13.0. The van der Waals surface area contributed by atoms with Crippen molar-refractivity contribution in [2.24, 2.45) is 17.8 Å². The number of carbonyl (C=O) groups excluding carboxylic acids is 12. The lowest BCUT2D eigenvalue weighted by molar-refractivity contribution is -0.385. The summed E-state index contributed by atoms with van der Waals surface area (Å²) < 4.78 is 9.69. The molecule has 0 bridgehead atoms. The largest absolute Gasteiger partial charge is 0.464 e. The molecular weight excluding hydrogens is 1390 g/mol. The minimum absolute atomic E-state index is 0.0244. The average Bonchev–Trinajstić information content (AvgIpc) is 1.65. The minimum Gasteiger partial charge on any atom is -0.464 e. The van der Waals surface area contributed by atoms with Crippen LogP contribution in [0.15, 0.2) is 194 Å². The lowest BCUT2D eigenvalue weighted by Gasteiger charge is -2.29. The number of nitrogen functional groups attached to an aromatic ring is 1. The molecule has 2 aliphatic carbocycles. The Morgan fingerprint density at radius 3 is 1.19 bits per heavy atom. The van der Waals surface area contributed by atoms with E-state index in [1.807, 2.05) is 42.5 Å². The second-order valence-corrected chi connectivity index (χ2v) is 25.0. The topological polar surface area (TPSA) is 357 Å². The molecule has 1 saturated heterocycles. The van der Waals surface area contributed by atoms with Gasteiger partial charge in [0.05, 0.1) is 91.7 Å². The van der Waals surface area contributed by atoms with Crippen LogP contribution >= 0.6 is 15.9 Å². The molecule has 3 fully saturated rings. The molecule has 8 amide bonds. The van der Waals surface area contributed by atoms with Crippen LogP contribution in [0.25, 0.3) is 0 Å². The first-order valence-corrected chi connectivity index (χ1v) is 33.9. The standard InChI is InChI=1S/C24H23NO5.C15H10N2O4.C15H12N2O2.C8H5NO2.C8H10O3.C7H6BrNO2/c26-15-30-22-12-6-5-11-20(22)21(27)13-16-7-1-2-8-17(16)14-25-23(28)18-9-3-4-10-19(18)24(25)29;18-14-11-6-2-3-7-12(11)15(19)16(14)9-10-5-1-4-8-13(10)17(20)21;16-13-8-4-1-5-10(13)9-17-14(18)11-6-2-3-7-12(11)15(17)19;10-7-5-3-1-2-4-6(5)8(11)9-7;9-7-5-3-1-2-4-6(5)8(10)11-7;8-5-6-3-1-2-4-7(6)9(10)11/h1-4,7-10,15,20,22H,5-6,11-14H2;1-8H,9H2;1-8H,9,16H2;1-4H,(H,9,10,11);5-6H,1-4H2;1-4H,5H2/t20-,22-;;;;5-,6+;/m0...../s1. The number of para-hydroxylation sites is 3. The fourth-order valence-electron chi connectivity index (χ4n) is 12.9. The van der Waals surface area contributed by atoms with E-state index in [9.17, 15) is 77.8 Å². The number of fused-ring (bicyclic) bond motifs is 5. The second kappa shape index (κ2) is 33.7. The summed E-state index contributed by atoms with van der Waals surface area (Å²) in [6.07, 6.45) is 6.90. The molecule has 0 unspecified atom stereocenters. The lowest BCUT2D eigenvalue weighted by Crippen LogP contribution is -2.34. The molecule has 524 valence electrons. The van der Waals surface area contributed by atoms with E-state index in [-0.39, 0.29) is 119 Å². The number of amides is 8. The molecular formula is C77H66BrN7O18. The Bertz CT molecular complexity index is 4550. The summed E-state index contributed by atoms with van der Waals surface area (Å²) in [6, 6.07) is 54.2. The van der Waals surface area contributed by atoms with Crippen molar-refractivity contribution in [2.45, 2.75) is 88.9 Å². The molecule has 0 radical (unpaired) electrons. The molecule has 5 aliphatic heterocycles. The molecule has 8 aromatic rings. The van der Waals surface area contributed by atoms with Crippen molar-refractivity contribution in [1.29, 1.82) is 0 Å². The molecule has 15 rings (SSSR count). The Morgan fingerprint density at radius 2 is 0.786 bits per heavy atom. The number of esters is 2. The maximum Gasteiger partial charge on any atom is 0.317 e. The Hall–Kier alpha value is -12.3. The Labute approximate surface area is 597 Å². The number of carbonyl (C=O) groups is 12. The summed E-state index contributed by atoms with van der Waals surface area (Å²) in [6.45, 7) is 0.643. The summed E-state index contributed by atoms with van der Waals surface area (Å²) in [5, 5.41) is 24.1. The van der Waals surface area contributed by atoms with Crippen LogP contribution < -0.4 is 11.1 Å². The van der Waals surface area contributed by atoms with Gasteiger partial charge in [0.25, 0.3) is 65.1 Å². The number of ketones is 1. The van der Waals surface area contributed by atoms with Crippen LogP contribution in [-0.4, -0.2) is 102 Å². The number of benzene rings is 8. The highest BCUT2D eigenvalue weighted by atomic mass is 79.9. The third-order valence-corrected chi connectivity index (χ3v) is 18.8. The molecule has 3 N–H and O–H groups in total. The minimum atomic E-state index is -0.520. The van der Waals surface area contributed by atoms with Gasteiger partial charge in [-0.1, -0.05) is 163 Å². The van der Waals surface area contributed by atoms with E-state index in [4.69, 9.17) is 10.5 Å². The molecule has 26 heteroatoms. The quantitative estimate of drug-likeness (QED) is 0.0149. The van der Waals surface area contributed by atoms with Crippen molar-refractivity contribution in [3.8, 4) is 0 Å². The van der Waals surface area contributed by atoms with Crippen LogP contribution in [-0.2, 0) is 60.0 Å². The highest BCUT2D eigenvalue weighted by molar-refractivity contribution is 9.08. The zero-order valence-electron chi connectivity index (χ0n) is 55.1. The predicted octanol–water partition coefficient (Wildman–Crippen LogP) is 11.7. The van der Waals surface area contributed by atoms with Gasteiger partial charge >= 0.3 is 11.9 Å². The van der Waals surface area contributed by atoms with Crippen molar-refractivity contribution in [3.63, 3.8) is 0 Å². The Kier molecular flexibility index (Phi) is 24.0. The summed E-state index contributed by atoms with van der Waals surface area (Å²) in [5.74, 6) is -3.67. The van der Waals surface area contributed by atoms with E-state index in [1.165, 1.54) is 21.9 Å². The number of nitro groups is 2. The normalized spacial score (nSPS) is 17.8. The number of nitrogens with zero attached hydrogens (tertiary/aromatic N) is 5. The highest BCUT2D eigenvalue weighted by Gasteiger charge is 2.45. The van der Waals surface area contributed by atoms with Crippen molar-refractivity contribution in [2.75, 3.05) is 5.73 Å². The van der Waals surface area contributed by atoms with Gasteiger partial charge in [0.1, 0.15) is 11.9 Å². The van der Waals surface area contributed by atoms with Gasteiger partial charge in [0, 0.05) is 40.7 Å². The molecule has 7 aliphatic rings. The van der Waals surface area contributed by atoms with Gasteiger partial charge in [-0.05, 0) is 103 Å². The first-order chi connectivity index (χ1) is 49.7. The number of nitro benzene ring substituents is 2. The van der Waals surface area contributed by atoms with Gasteiger partial charge in [-0.3, -0.25) is 97.8 Å². The van der Waals surface area contributed by atoms with Crippen LogP contribution in [0.4, 0.5) is 17.1 Å². The van der Waals surface area contributed by atoms with Crippen LogP contribution in [0.3, 0.4) is 0 Å². The molecule has 0 spiro atoms. The molecule has 8 aromatic carbocycles. The van der Waals surface area contributed by atoms with Crippen LogP contribution in [0.5, 0.6) is 0 Å². The van der Waals surface area contributed by atoms with Gasteiger partial charge in [-0.25, -0.2) is 0 Å². The predicted molar refractivity (Wildman–Crippen MR) is 374 cm³/mol. The third-order valence-electron chi connectivity index (χ3n) is 18.2. The van der Waals surface area contributed by atoms with Gasteiger partial charge in [0.2, 0.25) is 0 Å². The zero-order valence-corrected chi connectivity index (χ0v) is 56.7. The van der Waals surface area contributed by atoms with Gasteiger partial charge < -0.3 is 15.2 Å². The second-order valence-electron chi connectivity index (χ2n) is 24.5. The molecule has 25 nitrogen and oxygen atoms in total. The monoisotopic (exact) mass is 1460 g/mol. The van der Waals surface area contributed by atoms with E-state index in [2.05, 4.69) is 26.0 Å². The maximum atomic E-state index is 13.0. The molecule has 0 aromatic heterocycles. The van der Waals surface area contributed by atoms with E-state index >= 15 is 0 Å². The van der Waals surface area contributed by atoms with Crippen molar-refractivity contribution >= 4 is 104 Å². The number of nitrogens with one attached hydrogen (secondary N) is 1. The van der Waals surface area contributed by atoms with Gasteiger partial charge in [-0.2, -0.15) is 0 Å². The smallest absolute Gasteiger partial charge is 0.317 e. The number of nitrogens with two attached hydrogens (primary N) is 1. The van der Waals surface area contributed by atoms with Crippen molar-refractivity contribution in [1.82, 2.24) is 20.0 Å². The number of Topliss-reactive ketones (excluding diaryl/α,β-unsaturated/α-hetero) is 1. The van der Waals surface area contributed by atoms with Crippen molar-refractivity contribution < 1.29 is 76.9 Å². The average molecular weight is 1460 g/mol. The number of imide groups is 4. The SMILES string of the molecule is Nc1ccccc1CN1C(=O)c2ccccc2C1=O.O=C1NC(=O)c2ccccc21.O=C1OC(=O)[C@@H]2CCCC[C@H]12.O=C1c2ccccc2C(=O)N1Cc1ccccc1[N+](=O)[O-].O=CO[C@H]1CCCC[C@H]1C(=O)Cc1ccccc1CN1C(=O)c2ccccc2C1=O.O=[N+]([O-])c1ccccc1CBr. The number of hydrogen-bond acceptors (Lipinski definition) is 19. The summed E-state index contributed by atoms with van der Waals surface area (Å²) >= 11 is 3.17. The van der Waals surface area contributed by atoms with Crippen LogP contribution in [0.1, 0.15) is 162 Å². The summed E-state index contributed by atoms with van der Waals surface area (Å²) in [5.41, 5.74) is 13.2. The molecule has 2 saturated carbocycles. The first kappa shape index (κ1) is 73.4. The first-order valence-electron chi connectivity index (χ1n) is 32.8. The number of cyclic esters (lactones) is 2. The van der Waals surface area contributed by atoms with Crippen LogP contribution in [0.2, 0.25) is 0 Å². The number of rotatable bonds is 14. The third kappa shape index (κ3) is 16.8. The van der Waals surface area contributed by atoms with E-state index in [0.717, 1.165) is 60.1 Å².